The quantitative estimate of drug-likeness (QED) is 0.776. The van der Waals surface area contributed by atoms with Gasteiger partial charge in [-0.15, -0.1) is 0 Å². The first-order valence-corrected chi connectivity index (χ1v) is 9.33. The maximum atomic E-state index is 13.0. The number of amides is 1. The molecule has 1 aliphatic rings. The first-order chi connectivity index (χ1) is 13.1. The van der Waals surface area contributed by atoms with Crippen molar-refractivity contribution in [2.24, 2.45) is 0 Å². The third kappa shape index (κ3) is 5.31. The van der Waals surface area contributed by atoms with E-state index in [1.165, 1.54) is 0 Å². The van der Waals surface area contributed by atoms with E-state index < -0.39 is 5.79 Å². The highest BCUT2D eigenvalue weighted by molar-refractivity contribution is 5.84. The lowest BCUT2D eigenvalue weighted by Crippen LogP contribution is -2.36. The van der Waals surface area contributed by atoms with Crippen LogP contribution in [0.25, 0.3) is 0 Å². The summed E-state index contributed by atoms with van der Waals surface area (Å²) in [7, 11) is 1.63. The number of nitrogens with one attached hydrogen (secondary N) is 1. The zero-order valence-corrected chi connectivity index (χ0v) is 15.9. The Labute approximate surface area is 160 Å². The SMILES string of the molecule is COc1cccc(C(Cc2ccccc2)C(=O)NCCC2(C)OCCO2)c1. The number of ether oxygens (including phenoxy) is 3. The van der Waals surface area contributed by atoms with Crippen LogP contribution in [0.1, 0.15) is 30.4 Å². The minimum absolute atomic E-state index is 0.00583. The molecule has 1 unspecified atom stereocenters. The van der Waals surface area contributed by atoms with Crippen molar-refractivity contribution in [3.05, 3.63) is 65.7 Å². The van der Waals surface area contributed by atoms with Crippen LogP contribution in [0.5, 0.6) is 5.75 Å². The minimum Gasteiger partial charge on any atom is -0.497 e. The summed E-state index contributed by atoms with van der Waals surface area (Å²) in [5.74, 6) is -0.147. The fourth-order valence-electron chi connectivity index (χ4n) is 3.31. The lowest BCUT2D eigenvalue weighted by molar-refractivity contribution is -0.146. The molecule has 1 amide bonds. The van der Waals surface area contributed by atoms with Gasteiger partial charge in [0.1, 0.15) is 5.75 Å². The van der Waals surface area contributed by atoms with Crippen LogP contribution in [-0.2, 0) is 20.7 Å². The molecule has 2 aromatic carbocycles. The highest BCUT2D eigenvalue weighted by Gasteiger charge is 2.31. The summed E-state index contributed by atoms with van der Waals surface area (Å²) in [6.45, 7) is 3.62. The van der Waals surface area contributed by atoms with Gasteiger partial charge in [0.2, 0.25) is 5.91 Å². The maximum Gasteiger partial charge on any atom is 0.227 e. The van der Waals surface area contributed by atoms with Gasteiger partial charge in [-0.25, -0.2) is 0 Å². The minimum atomic E-state index is -0.599. The molecular formula is C22H27NO4. The molecule has 2 aromatic rings. The topological polar surface area (TPSA) is 56.8 Å². The van der Waals surface area contributed by atoms with E-state index in [1.54, 1.807) is 7.11 Å². The van der Waals surface area contributed by atoms with Crippen molar-refractivity contribution in [1.29, 1.82) is 0 Å². The fourth-order valence-corrected chi connectivity index (χ4v) is 3.31. The molecule has 1 fully saturated rings. The molecule has 1 atom stereocenters. The molecule has 27 heavy (non-hydrogen) atoms. The summed E-state index contributed by atoms with van der Waals surface area (Å²) < 4.78 is 16.5. The van der Waals surface area contributed by atoms with E-state index in [4.69, 9.17) is 14.2 Å². The molecule has 5 nitrogen and oxygen atoms in total. The van der Waals surface area contributed by atoms with Crippen molar-refractivity contribution in [2.75, 3.05) is 26.9 Å². The Morgan fingerprint density at radius 1 is 1.15 bits per heavy atom. The van der Waals surface area contributed by atoms with Crippen molar-refractivity contribution in [3.8, 4) is 5.75 Å². The molecule has 1 saturated heterocycles. The number of rotatable bonds is 8. The molecule has 3 rings (SSSR count). The molecule has 0 spiro atoms. The summed E-state index contributed by atoms with van der Waals surface area (Å²) in [5, 5.41) is 3.05. The van der Waals surface area contributed by atoms with Gasteiger partial charge in [-0.1, -0.05) is 42.5 Å². The van der Waals surface area contributed by atoms with E-state index in [1.807, 2.05) is 61.5 Å². The van der Waals surface area contributed by atoms with E-state index >= 15 is 0 Å². The van der Waals surface area contributed by atoms with Gasteiger partial charge in [0, 0.05) is 13.0 Å². The Hall–Kier alpha value is -2.37. The summed E-state index contributed by atoms with van der Waals surface area (Å²) in [6, 6.07) is 17.8. The second kappa shape index (κ2) is 9.02. The van der Waals surface area contributed by atoms with E-state index in [9.17, 15) is 4.79 Å². The molecule has 0 saturated carbocycles. The smallest absolute Gasteiger partial charge is 0.227 e. The molecule has 144 valence electrons. The van der Waals surface area contributed by atoms with Crippen molar-refractivity contribution < 1.29 is 19.0 Å². The lowest BCUT2D eigenvalue weighted by Gasteiger charge is -2.23. The summed E-state index contributed by atoms with van der Waals surface area (Å²) in [4.78, 5) is 13.0. The van der Waals surface area contributed by atoms with Crippen LogP contribution in [0.15, 0.2) is 54.6 Å². The summed E-state index contributed by atoms with van der Waals surface area (Å²) in [6.07, 6.45) is 1.25. The second-order valence-corrected chi connectivity index (χ2v) is 6.89. The molecule has 1 heterocycles. The van der Waals surface area contributed by atoms with Crippen LogP contribution < -0.4 is 10.1 Å². The normalized spacial score (nSPS) is 16.7. The maximum absolute atomic E-state index is 13.0. The average molecular weight is 369 g/mol. The summed E-state index contributed by atoms with van der Waals surface area (Å²) >= 11 is 0. The van der Waals surface area contributed by atoms with Crippen LogP contribution in [0.3, 0.4) is 0 Å². The van der Waals surface area contributed by atoms with Crippen molar-refractivity contribution in [2.45, 2.75) is 31.5 Å². The Balaban J connectivity index is 1.70. The number of carbonyl (C=O) groups is 1. The number of carbonyl (C=O) groups excluding carboxylic acids is 1. The predicted octanol–water partition coefficient (Wildman–Crippen LogP) is 3.29. The molecule has 1 aliphatic heterocycles. The van der Waals surface area contributed by atoms with Crippen molar-refractivity contribution in [3.63, 3.8) is 0 Å². The van der Waals surface area contributed by atoms with Crippen molar-refractivity contribution >= 4 is 5.91 Å². The van der Waals surface area contributed by atoms with E-state index in [0.29, 0.717) is 32.6 Å². The number of hydrogen-bond donors (Lipinski definition) is 1. The van der Waals surface area contributed by atoms with Gasteiger partial charge in [-0.2, -0.15) is 0 Å². The van der Waals surface area contributed by atoms with E-state index in [0.717, 1.165) is 16.9 Å². The van der Waals surface area contributed by atoms with Gasteiger partial charge in [-0.3, -0.25) is 4.79 Å². The molecule has 0 radical (unpaired) electrons. The third-order valence-corrected chi connectivity index (χ3v) is 4.87. The van der Waals surface area contributed by atoms with Gasteiger partial charge < -0.3 is 19.5 Å². The van der Waals surface area contributed by atoms with Gasteiger partial charge in [0.25, 0.3) is 0 Å². The first-order valence-electron chi connectivity index (χ1n) is 9.33. The highest BCUT2D eigenvalue weighted by Crippen LogP contribution is 2.26. The molecule has 0 aromatic heterocycles. The first kappa shape index (κ1) is 19.4. The third-order valence-electron chi connectivity index (χ3n) is 4.87. The van der Waals surface area contributed by atoms with Gasteiger partial charge >= 0.3 is 0 Å². The van der Waals surface area contributed by atoms with Crippen molar-refractivity contribution in [1.82, 2.24) is 5.32 Å². The molecule has 0 bridgehead atoms. The molecule has 0 aliphatic carbocycles. The highest BCUT2D eigenvalue weighted by atomic mass is 16.7. The standard InChI is InChI=1S/C22H27NO4/c1-22(26-13-14-27-22)11-12-23-21(24)20(15-17-7-4-3-5-8-17)18-9-6-10-19(16-18)25-2/h3-10,16,20H,11-15H2,1-2H3,(H,23,24). The van der Waals surface area contributed by atoms with E-state index in [-0.39, 0.29) is 11.8 Å². The van der Waals surface area contributed by atoms with Gasteiger partial charge in [0.15, 0.2) is 5.79 Å². The zero-order chi connectivity index (χ0) is 19.1. The zero-order valence-electron chi connectivity index (χ0n) is 15.9. The van der Waals surface area contributed by atoms with Crippen LogP contribution in [0.4, 0.5) is 0 Å². The van der Waals surface area contributed by atoms with Crippen LogP contribution >= 0.6 is 0 Å². The average Bonchev–Trinajstić information content (AvgIpc) is 3.13. The Morgan fingerprint density at radius 3 is 2.59 bits per heavy atom. The Bertz CT molecular complexity index is 741. The van der Waals surface area contributed by atoms with Gasteiger partial charge in [-0.05, 0) is 36.6 Å². The number of methoxy groups -OCH3 is 1. The number of hydrogen-bond acceptors (Lipinski definition) is 4. The van der Waals surface area contributed by atoms with Crippen LogP contribution in [-0.4, -0.2) is 38.6 Å². The van der Waals surface area contributed by atoms with Gasteiger partial charge in [0.05, 0.1) is 26.2 Å². The number of benzene rings is 2. The molecule has 5 heteroatoms. The summed E-state index contributed by atoms with van der Waals surface area (Å²) in [5.41, 5.74) is 2.06. The lowest BCUT2D eigenvalue weighted by atomic mass is 9.91. The largest absolute Gasteiger partial charge is 0.497 e. The van der Waals surface area contributed by atoms with Crippen LogP contribution in [0.2, 0.25) is 0 Å². The van der Waals surface area contributed by atoms with E-state index in [2.05, 4.69) is 5.32 Å². The molecular weight excluding hydrogens is 342 g/mol. The molecule has 1 N–H and O–H groups in total. The monoisotopic (exact) mass is 369 g/mol. The Kier molecular flexibility index (Phi) is 6.48. The predicted molar refractivity (Wildman–Crippen MR) is 104 cm³/mol. The Morgan fingerprint density at radius 2 is 1.89 bits per heavy atom. The second-order valence-electron chi connectivity index (χ2n) is 6.89. The van der Waals surface area contributed by atoms with Crippen LogP contribution in [0, 0.1) is 0 Å². The fraction of sp³-hybridized carbons (Fsp3) is 0.409.